The standard InChI is InChI=1S/C13H13N5/c1-2-18-7-11(15-8-18)12-9-5-3-4-6-10(9)13(14)17-16-12/h3-8H,2H2,1H3,(H2,14,17). The molecule has 0 unspecified atom stereocenters. The molecule has 0 fully saturated rings. The third-order valence-corrected chi connectivity index (χ3v) is 2.96. The molecular formula is C13H13N5. The molecule has 2 aromatic heterocycles. The van der Waals surface area contributed by atoms with Crippen LogP contribution in [-0.2, 0) is 6.54 Å². The van der Waals surface area contributed by atoms with E-state index < -0.39 is 0 Å². The topological polar surface area (TPSA) is 69.6 Å². The van der Waals surface area contributed by atoms with Crippen LogP contribution in [0.25, 0.3) is 22.2 Å². The second-order valence-corrected chi connectivity index (χ2v) is 4.07. The van der Waals surface area contributed by atoms with Gasteiger partial charge in [0.25, 0.3) is 0 Å². The van der Waals surface area contributed by atoms with Gasteiger partial charge in [-0.3, -0.25) is 0 Å². The van der Waals surface area contributed by atoms with Crippen molar-refractivity contribution in [3.8, 4) is 11.4 Å². The highest BCUT2D eigenvalue weighted by Crippen LogP contribution is 2.27. The molecule has 18 heavy (non-hydrogen) atoms. The maximum atomic E-state index is 5.84. The molecule has 1 aromatic carbocycles. The van der Waals surface area contributed by atoms with Crippen LogP contribution in [0.2, 0.25) is 0 Å². The molecule has 5 heteroatoms. The van der Waals surface area contributed by atoms with E-state index in [1.165, 1.54) is 0 Å². The fraction of sp³-hybridized carbons (Fsp3) is 0.154. The van der Waals surface area contributed by atoms with Gasteiger partial charge >= 0.3 is 0 Å². The maximum absolute atomic E-state index is 5.84. The van der Waals surface area contributed by atoms with Gasteiger partial charge < -0.3 is 10.3 Å². The molecule has 3 rings (SSSR count). The molecule has 90 valence electrons. The quantitative estimate of drug-likeness (QED) is 0.743. The first-order valence-electron chi connectivity index (χ1n) is 5.82. The van der Waals surface area contributed by atoms with Crippen molar-refractivity contribution in [2.45, 2.75) is 13.5 Å². The summed E-state index contributed by atoms with van der Waals surface area (Å²) < 4.78 is 2.00. The summed E-state index contributed by atoms with van der Waals surface area (Å²) in [6.45, 7) is 2.95. The van der Waals surface area contributed by atoms with Crippen molar-refractivity contribution in [3.05, 3.63) is 36.8 Å². The van der Waals surface area contributed by atoms with Gasteiger partial charge in [0.1, 0.15) is 11.4 Å². The maximum Gasteiger partial charge on any atom is 0.154 e. The lowest BCUT2D eigenvalue weighted by atomic mass is 10.1. The van der Waals surface area contributed by atoms with E-state index in [0.717, 1.165) is 28.7 Å². The number of imidazole rings is 1. The molecule has 0 aliphatic heterocycles. The summed E-state index contributed by atoms with van der Waals surface area (Å²) >= 11 is 0. The lowest BCUT2D eigenvalue weighted by Gasteiger charge is -2.04. The molecule has 3 aromatic rings. The molecule has 0 saturated carbocycles. The van der Waals surface area contributed by atoms with Gasteiger partial charge in [-0.15, -0.1) is 10.2 Å². The predicted molar refractivity (Wildman–Crippen MR) is 70.8 cm³/mol. The first-order chi connectivity index (χ1) is 8.79. The van der Waals surface area contributed by atoms with Crippen LogP contribution in [0.5, 0.6) is 0 Å². The molecule has 0 saturated heterocycles. The molecule has 0 aliphatic carbocycles. The average Bonchev–Trinajstić information content (AvgIpc) is 2.88. The summed E-state index contributed by atoms with van der Waals surface area (Å²) in [5, 5.41) is 10.1. The minimum atomic E-state index is 0.448. The smallest absolute Gasteiger partial charge is 0.154 e. The third-order valence-electron chi connectivity index (χ3n) is 2.96. The van der Waals surface area contributed by atoms with E-state index in [1.807, 2.05) is 35.0 Å². The van der Waals surface area contributed by atoms with Gasteiger partial charge in [0.2, 0.25) is 0 Å². The first kappa shape index (κ1) is 10.7. The van der Waals surface area contributed by atoms with Crippen molar-refractivity contribution >= 4 is 16.6 Å². The summed E-state index contributed by atoms with van der Waals surface area (Å²) in [5.74, 6) is 0.448. The zero-order valence-corrected chi connectivity index (χ0v) is 10.0. The van der Waals surface area contributed by atoms with Gasteiger partial charge in [-0.05, 0) is 6.92 Å². The number of hydrogen-bond acceptors (Lipinski definition) is 4. The normalized spacial score (nSPS) is 10.9. The van der Waals surface area contributed by atoms with E-state index in [-0.39, 0.29) is 0 Å². The first-order valence-corrected chi connectivity index (χ1v) is 5.82. The molecule has 0 bridgehead atoms. The average molecular weight is 239 g/mol. The fourth-order valence-corrected chi connectivity index (χ4v) is 1.97. The van der Waals surface area contributed by atoms with E-state index in [1.54, 1.807) is 6.33 Å². The zero-order valence-electron chi connectivity index (χ0n) is 10.0. The van der Waals surface area contributed by atoms with Gasteiger partial charge in [0, 0.05) is 23.5 Å². The SMILES string of the molecule is CCn1cnc(-c2nnc(N)c3ccccc23)c1. The number of aryl methyl sites for hydroxylation is 1. The number of aromatic nitrogens is 4. The highest BCUT2D eigenvalue weighted by molar-refractivity contribution is 5.98. The molecule has 0 atom stereocenters. The van der Waals surface area contributed by atoms with Crippen molar-refractivity contribution in [1.29, 1.82) is 0 Å². The summed E-state index contributed by atoms with van der Waals surface area (Å²) in [6, 6.07) is 7.83. The van der Waals surface area contributed by atoms with Crippen LogP contribution in [0, 0.1) is 0 Å². The van der Waals surface area contributed by atoms with Crippen LogP contribution in [0.1, 0.15) is 6.92 Å². The minimum Gasteiger partial charge on any atom is -0.382 e. The predicted octanol–water partition coefficient (Wildman–Crippen LogP) is 2.10. The molecule has 0 amide bonds. The Morgan fingerprint density at radius 3 is 2.67 bits per heavy atom. The van der Waals surface area contributed by atoms with Gasteiger partial charge in [-0.25, -0.2) is 4.98 Å². The fourth-order valence-electron chi connectivity index (χ4n) is 1.97. The number of anilines is 1. The molecule has 0 spiro atoms. The number of hydrogen-bond donors (Lipinski definition) is 1. The number of fused-ring (bicyclic) bond motifs is 1. The Morgan fingerprint density at radius 2 is 1.94 bits per heavy atom. The van der Waals surface area contributed by atoms with Gasteiger partial charge in [0.15, 0.2) is 5.82 Å². The molecule has 2 N–H and O–H groups in total. The Morgan fingerprint density at radius 1 is 1.17 bits per heavy atom. The molecular weight excluding hydrogens is 226 g/mol. The molecule has 5 nitrogen and oxygen atoms in total. The molecule has 2 heterocycles. The minimum absolute atomic E-state index is 0.448. The number of nitrogens with zero attached hydrogens (tertiary/aromatic N) is 4. The zero-order chi connectivity index (χ0) is 12.5. The lowest BCUT2D eigenvalue weighted by Crippen LogP contribution is -1.97. The van der Waals surface area contributed by atoms with Gasteiger partial charge in [0.05, 0.1) is 6.33 Å². The van der Waals surface area contributed by atoms with Crippen LogP contribution in [0.15, 0.2) is 36.8 Å². The van der Waals surface area contributed by atoms with E-state index in [9.17, 15) is 0 Å². The summed E-state index contributed by atoms with van der Waals surface area (Å²) in [6.07, 6.45) is 3.76. The highest BCUT2D eigenvalue weighted by atomic mass is 15.2. The van der Waals surface area contributed by atoms with Crippen molar-refractivity contribution in [3.63, 3.8) is 0 Å². The van der Waals surface area contributed by atoms with E-state index in [2.05, 4.69) is 22.1 Å². The second-order valence-electron chi connectivity index (χ2n) is 4.07. The highest BCUT2D eigenvalue weighted by Gasteiger charge is 2.10. The second kappa shape index (κ2) is 4.10. The van der Waals surface area contributed by atoms with Crippen LogP contribution >= 0.6 is 0 Å². The summed E-state index contributed by atoms with van der Waals surface area (Å²) in [7, 11) is 0. The number of nitrogens with two attached hydrogens (primary N) is 1. The number of benzene rings is 1. The van der Waals surface area contributed by atoms with Crippen molar-refractivity contribution in [2.75, 3.05) is 5.73 Å². The largest absolute Gasteiger partial charge is 0.382 e. The Labute approximate surface area is 104 Å². The lowest BCUT2D eigenvalue weighted by molar-refractivity contribution is 0.761. The van der Waals surface area contributed by atoms with E-state index in [4.69, 9.17) is 5.73 Å². The number of nitrogen functional groups attached to an aromatic ring is 1. The monoisotopic (exact) mass is 239 g/mol. The van der Waals surface area contributed by atoms with Crippen LogP contribution < -0.4 is 5.73 Å². The van der Waals surface area contributed by atoms with Crippen LogP contribution in [0.3, 0.4) is 0 Å². The van der Waals surface area contributed by atoms with Crippen LogP contribution in [0.4, 0.5) is 5.82 Å². The van der Waals surface area contributed by atoms with Crippen molar-refractivity contribution in [1.82, 2.24) is 19.7 Å². The molecule has 0 radical (unpaired) electrons. The number of rotatable bonds is 2. The summed E-state index contributed by atoms with van der Waals surface area (Å²) in [5.41, 5.74) is 7.43. The van der Waals surface area contributed by atoms with Crippen LogP contribution in [-0.4, -0.2) is 19.7 Å². The van der Waals surface area contributed by atoms with Gasteiger partial charge in [-0.1, -0.05) is 24.3 Å². The van der Waals surface area contributed by atoms with E-state index >= 15 is 0 Å². The Kier molecular flexibility index (Phi) is 2.44. The molecule has 0 aliphatic rings. The summed E-state index contributed by atoms with van der Waals surface area (Å²) in [4.78, 5) is 4.36. The Bertz CT molecular complexity index is 701. The van der Waals surface area contributed by atoms with Gasteiger partial charge in [-0.2, -0.15) is 0 Å². The van der Waals surface area contributed by atoms with Crippen molar-refractivity contribution in [2.24, 2.45) is 0 Å². The Balaban J connectivity index is 2.26. The van der Waals surface area contributed by atoms with E-state index in [0.29, 0.717) is 5.82 Å². The van der Waals surface area contributed by atoms with Crippen molar-refractivity contribution < 1.29 is 0 Å². The third kappa shape index (κ3) is 1.60. The Hall–Kier alpha value is -2.43.